The van der Waals surface area contributed by atoms with Gasteiger partial charge in [-0.2, -0.15) is 4.98 Å². The third-order valence-electron chi connectivity index (χ3n) is 6.95. The maximum absolute atomic E-state index is 13.5. The zero-order valence-corrected chi connectivity index (χ0v) is 24.1. The Morgan fingerprint density at radius 3 is 2.44 bits per heavy atom. The van der Waals surface area contributed by atoms with Crippen LogP contribution in [-0.4, -0.2) is 107 Å². The number of aliphatic carboxylic acids is 1. The van der Waals surface area contributed by atoms with Crippen LogP contribution < -0.4 is 10.1 Å². The predicted octanol–water partition coefficient (Wildman–Crippen LogP) is 2.29. The summed E-state index contributed by atoms with van der Waals surface area (Å²) in [6, 6.07) is 9.63. The van der Waals surface area contributed by atoms with Crippen LogP contribution in [0.4, 0.5) is 4.79 Å². The van der Waals surface area contributed by atoms with Crippen LogP contribution in [0.1, 0.15) is 49.5 Å². The molecule has 14 heteroatoms. The molecule has 1 aromatic carbocycles. The topological polar surface area (TPSA) is 170 Å². The number of hydroxylamine groups is 2. The first-order valence-corrected chi connectivity index (χ1v) is 14.4. The number of piperazine rings is 1. The summed E-state index contributed by atoms with van der Waals surface area (Å²) in [4.78, 5) is 65.3. The number of nitrogens with one attached hydrogen (secondary N) is 1. The Kier molecular flexibility index (Phi) is 11.6. The van der Waals surface area contributed by atoms with E-state index in [1.54, 1.807) is 6.92 Å². The highest BCUT2D eigenvalue weighted by molar-refractivity contribution is 5.96. The van der Waals surface area contributed by atoms with E-state index in [2.05, 4.69) is 15.3 Å². The molecule has 0 spiro atoms. The Morgan fingerprint density at radius 2 is 1.77 bits per heavy atom. The lowest BCUT2D eigenvalue weighted by molar-refractivity contribution is -0.157. The summed E-state index contributed by atoms with van der Waals surface area (Å²) in [6.45, 7) is 2.17. The van der Waals surface area contributed by atoms with Crippen molar-refractivity contribution in [3.63, 3.8) is 0 Å². The van der Waals surface area contributed by atoms with Gasteiger partial charge in [-0.1, -0.05) is 30.3 Å². The van der Waals surface area contributed by atoms with Gasteiger partial charge in [-0.3, -0.25) is 9.59 Å². The van der Waals surface area contributed by atoms with E-state index in [1.807, 2.05) is 30.3 Å². The van der Waals surface area contributed by atoms with E-state index in [0.29, 0.717) is 11.4 Å². The van der Waals surface area contributed by atoms with Crippen molar-refractivity contribution < 1.29 is 43.3 Å². The van der Waals surface area contributed by atoms with Gasteiger partial charge in [-0.15, -0.1) is 5.06 Å². The Labute approximate surface area is 249 Å². The fourth-order valence-electron chi connectivity index (χ4n) is 4.81. The number of carboxylic acids is 1. The van der Waals surface area contributed by atoms with Gasteiger partial charge in [0, 0.05) is 31.3 Å². The highest BCUT2D eigenvalue weighted by Crippen LogP contribution is 2.25. The molecule has 4 rings (SSSR count). The molecule has 232 valence electrons. The second kappa shape index (κ2) is 15.8. The van der Waals surface area contributed by atoms with Gasteiger partial charge in [0.1, 0.15) is 24.4 Å². The van der Waals surface area contributed by atoms with Gasteiger partial charge >= 0.3 is 12.1 Å². The van der Waals surface area contributed by atoms with Gasteiger partial charge in [0.15, 0.2) is 5.82 Å². The van der Waals surface area contributed by atoms with Crippen LogP contribution >= 0.6 is 0 Å². The Hall–Kier alpha value is -4.30. The number of rotatable bonds is 13. The summed E-state index contributed by atoms with van der Waals surface area (Å²) in [6.07, 6.45) is 3.13. The minimum atomic E-state index is -1.14. The number of nitrogens with zero attached hydrogens (tertiary/aromatic N) is 4. The number of aromatic nitrogens is 2. The average Bonchev–Trinajstić information content (AvgIpc) is 3.52. The first-order valence-electron chi connectivity index (χ1n) is 14.4. The molecule has 2 fully saturated rings. The Morgan fingerprint density at radius 1 is 1.05 bits per heavy atom. The van der Waals surface area contributed by atoms with Crippen LogP contribution in [0.2, 0.25) is 0 Å². The third-order valence-corrected chi connectivity index (χ3v) is 6.95. The zero-order valence-electron chi connectivity index (χ0n) is 24.1. The molecule has 43 heavy (non-hydrogen) atoms. The highest BCUT2D eigenvalue weighted by Gasteiger charge is 2.31. The molecule has 0 radical (unpaired) electrons. The number of benzene rings is 1. The van der Waals surface area contributed by atoms with Crippen molar-refractivity contribution in [2.45, 2.75) is 51.2 Å². The number of amides is 2. The summed E-state index contributed by atoms with van der Waals surface area (Å²) in [5, 5.41) is 13.1. The molecule has 1 atom stereocenters. The van der Waals surface area contributed by atoms with E-state index in [-0.39, 0.29) is 69.4 Å². The lowest BCUT2D eigenvalue weighted by atomic mass is 10.1. The molecule has 2 amide bonds. The zero-order chi connectivity index (χ0) is 30.6. The van der Waals surface area contributed by atoms with Crippen LogP contribution in [0, 0.1) is 0 Å². The van der Waals surface area contributed by atoms with Crippen molar-refractivity contribution >= 4 is 23.9 Å². The largest absolute Gasteiger partial charge is 0.527 e. The molecule has 2 heterocycles. The number of ether oxygens (including phenoxy) is 3. The summed E-state index contributed by atoms with van der Waals surface area (Å²) in [5.74, 6) is -1.56. The molecule has 1 saturated heterocycles. The molecule has 2 N–H and O–H groups in total. The highest BCUT2D eigenvalue weighted by atomic mass is 16.8. The van der Waals surface area contributed by atoms with E-state index < -0.39 is 30.7 Å². The molecular weight excluding hydrogens is 562 g/mol. The second-order valence-electron chi connectivity index (χ2n) is 10.1. The van der Waals surface area contributed by atoms with E-state index in [0.717, 1.165) is 25.7 Å². The van der Waals surface area contributed by atoms with Gasteiger partial charge in [-0.05, 0) is 39.0 Å². The van der Waals surface area contributed by atoms with Gasteiger partial charge < -0.3 is 34.4 Å². The van der Waals surface area contributed by atoms with Crippen LogP contribution in [0.5, 0.6) is 5.88 Å². The van der Waals surface area contributed by atoms with E-state index in [1.165, 1.54) is 16.0 Å². The normalized spacial score (nSPS) is 16.3. The first kappa shape index (κ1) is 31.6. The average molecular weight is 600 g/mol. The minimum absolute atomic E-state index is 0.00150. The van der Waals surface area contributed by atoms with Crippen molar-refractivity contribution in [1.29, 1.82) is 0 Å². The molecule has 2 aliphatic rings. The van der Waals surface area contributed by atoms with E-state index in [4.69, 9.17) is 24.2 Å². The SMILES string of the molecule is CCOC(=O)ON1CCN(C(=O)[C@H](CCOCC(=O)O)NC(=O)c2cc(OC3CCCC3)nc(-c3ccccc3)n2)CC1. The number of hydrogen-bond acceptors (Lipinski definition) is 11. The number of carbonyl (C=O) groups is 4. The molecule has 2 aromatic rings. The maximum atomic E-state index is 13.5. The van der Waals surface area contributed by atoms with Crippen LogP contribution in [-0.2, 0) is 23.9 Å². The van der Waals surface area contributed by atoms with Crippen molar-refractivity contribution in [3.8, 4) is 17.3 Å². The second-order valence-corrected chi connectivity index (χ2v) is 10.1. The molecule has 1 aliphatic heterocycles. The molecule has 1 aromatic heterocycles. The lowest BCUT2D eigenvalue weighted by Crippen LogP contribution is -2.55. The Balaban J connectivity index is 1.49. The molecule has 1 aliphatic carbocycles. The molecule has 14 nitrogen and oxygen atoms in total. The molecule has 0 bridgehead atoms. The van der Waals surface area contributed by atoms with Crippen LogP contribution in [0.15, 0.2) is 36.4 Å². The van der Waals surface area contributed by atoms with Crippen molar-refractivity contribution in [3.05, 3.63) is 42.1 Å². The minimum Gasteiger partial charge on any atom is -0.480 e. The fourth-order valence-corrected chi connectivity index (χ4v) is 4.81. The number of carbonyl (C=O) groups excluding carboxylic acids is 3. The predicted molar refractivity (Wildman–Crippen MR) is 151 cm³/mol. The first-order chi connectivity index (χ1) is 20.8. The third kappa shape index (κ3) is 9.61. The molecule has 1 saturated carbocycles. The summed E-state index contributed by atoms with van der Waals surface area (Å²) in [5.41, 5.74) is 0.727. The quantitative estimate of drug-likeness (QED) is 0.255. The van der Waals surface area contributed by atoms with Crippen molar-refractivity contribution in [2.24, 2.45) is 0 Å². The van der Waals surface area contributed by atoms with Crippen LogP contribution in [0.25, 0.3) is 11.4 Å². The smallest absolute Gasteiger partial charge is 0.480 e. The lowest BCUT2D eigenvalue weighted by Gasteiger charge is -2.35. The summed E-state index contributed by atoms with van der Waals surface area (Å²) in [7, 11) is 0. The van der Waals surface area contributed by atoms with Gasteiger partial charge in [0.05, 0.1) is 19.7 Å². The van der Waals surface area contributed by atoms with Crippen molar-refractivity contribution in [1.82, 2.24) is 25.2 Å². The van der Waals surface area contributed by atoms with Crippen molar-refractivity contribution in [2.75, 3.05) is 46.0 Å². The monoisotopic (exact) mass is 599 g/mol. The maximum Gasteiger partial charge on any atom is 0.527 e. The fraction of sp³-hybridized carbons (Fsp3) is 0.517. The van der Waals surface area contributed by atoms with Gasteiger partial charge in [0.25, 0.3) is 5.91 Å². The summed E-state index contributed by atoms with van der Waals surface area (Å²) < 4.78 is 16.0. The van der Waals surface area contributed by atoms with E-state index in [9.17, 15) is 19.2 Å². The standard InChI is InChI=1S/C29H37N5O9/c1-2-41-29(39)43-34-15-13-33(14-16-34)28(38)22(12-17-40-19-25(35)36)31-27(37)23-18-24(42-21-10-6-7-11-21)32-26(30-23)20-8-4-3-5-9-20/h3-5,8-9,18,21-22H,2,6-7,10-17,19H2,1H3,(H,31,37)(H,35,36)/t22-/m0/s1. The van der Waals surface area contributed by atoms with Gasteiger partial charge in [-0.25, -0.2) is 14.6 Å². The number of hydrogen-bond donors (Lipinski definition) is 2. The number of carboxylic acid groups (broad SMARTS) is 1. The van der Waals surface area contributed by atoms with E-state index >= 15 is 0 Å². The van der Waals surface area contributed by atoms with Gasteiger partial charge in [0.2, 0.25) is 11.8 Å². The Bertz CT molecular complexity index is 1250. The molecular formula is C29H37N5O9. The molecule has 0 unspecified atom stereocenters. The van der Waals surface area contributed by atoms with Crippen LogP contribution in [0.3, 0.4) is 0 Å². The summed E-state index contributed by atoms with van der Waals surface area (Å²) >= 11 is 0.